The molecule has 0 aliphatic heterocycles. The van der Waals surface area contributed by atoms with Crippen molar-refractivity contribution < 1.29 is 13.6 Å². The molecule has 0 saturated carbocycles. The van der Waals surface area contributed by atoms with E-state index in [2.05, 4.69) is 6.92 Å². The topological polar surface area (TPSA) is 52.6 Å². The lowest BCUT2D eigenvalue weighted by Gasteiger charge is -2.09. The largest absolute Gasteiger partial charge is 0.493 e. The molecular formula is C23H22O4. The molecule has 0 N–H and O–H groups in total. The molecule has 4 nitrogen and oxygen atoms in total. The van der Waals surface area contributed by atoms with Crippen LogP contribution < -0.4 is 10.2 Å². The number of hydrogen-bond acceptors (Lipinski definition) is 4. The lowest BCUT2D eigenvalue weighted by Crippen LogP contribution is -2.08. The average molecular weight is 362 g/mol. The van der Waals surface area contributed by atoms with E-state index in [1.807, 2.05) is 44.2 Å². The highest BCUT2D eigenvalue weighted by molar-refractivity contribution is 5.98. The fraction of sp³-hybridized carbons (Fsp3) is 0.261. The maximum Gasteiger partial charge on any atom is 0.200 e. The molecule has 0 unspecified atom stereocenters. The third kappa shape index (κ3) is 3.01. The van der Waals surface area contributed by atoms with Crippen molar-refractivity contribution in [2.24, 2.45) is 0 Å². The van der Waals surface area contributed by atoms with Crippen LogP contribution in [0.3, 0.4) is 0 Å². The third-order valence-corrected chi connectivity index (χ3v) is 4.83. The predicted octanol–water partition coefficient (Wildman–Crippen LogP) is 6.00. The monoisotopic (exact) mass is 362 g/mol. The lowest BCUT2D eigenvalue weighted by molar-refractivity contribution is 0.309. The second kappa shape index (κ2) is 6.95. The van der Waals surface area contributed by atoms with E-state index in [9.17, 15) is 4.79 Å². The van der Waals surface area contributed by atoms with Crippen LogP contribution >= 0.6 is 0 Å². The van der Waals surface area contributed by atoms with Crippen molar-refractivity contribution in [2.45, 2.75) is 33.6 Å². The van der Waals surface area contributed by atoms with Crippen molar-refractivity contribution in [3.8, 4) is 16.9 Å². The van der Waals surface area contributed by atoms with E-state index >= 15 is 0 Å². The predicted molar refractivity (Wildman–Crippen MR) is 108 cm³/mol. The van der Waals surface area contributed by atoms with Crippen molar-refractivity contribution in [2.75, 3.05) is 6.61 Å². The maximum absolute atomic E-state index is 13.3. The number of rotatable bonds is 5. The molecule has 0 radical (unpaired) electrons. The highest BCUT2D eigenvalue weighted by atomic mass is 16.5. The van der Waals surface area contributed by atoms with Crippen molar-refractivity contribution in [1.82, 2.24) is 0 Å². The summed E-state index contributed by atoms with van der Waals surface area (Å²) in [4.78, 5) is 13.3. The van der Waals surface area contributed by atoms with Crippen molar-refractivity contribution >= 4 is 21.9 Å². The van der Waals surface area contributed by atoms with E-state index < -0.39 is 0 Å². The molecule has 138 valence electrons. The van der Waals surface area contributed by atoms with Crippen LogP contribution in [0.15, 0.2) is 56.1 Å². The molecule has 4 heteroatoms. The molecule has 4 aromatic rings. The number of benzene rings is 2. The maximum atomic E-state index is 13.3. The second-order valence-electron chi connectivity index (χ2n) is 6.75. The number of furan rings is 1. The standard InChI is InChI=1S/C23H22O4/c1-4-5-12-25-16-10-11-18-20(13-16)27-15(3)22(23(18)24)21-14(2)26-19-9-7-6-8-17(19)21/h6-11,13H,4-5,12H2,1-3H3. The van der Waals surface area contributed by atoms with Crippen LogP contribution in [0.5, 0.6) is 5.75 Å². The summed E-state index contributed by atoms with van der Waals surface area (Å²) in [5, 5.41) is 1.47. The molecule has 2 heterocycles. The molecule has 0 aliphatic rings. The Bertz CT molecular complexity index is 1180. The van der Waals surface area contributed by atoms with Gasteiger partial charge in [-0.1, -0.05) is 31.5 Å². The van der Waals surface area contributed by atoms with Gasteiger partial charge in [0.1, 0.15) is 28.4 Å². The number of fused-ring (bicyclic) bond motifs is 2. The van der Waals surface area contributed by atoms with Crippen molar-refractivity contribution in [3.63, 3.8) is 0 Å². The fourth-order valence-electron chi connectivity index (χ4n) is 3.48. The third-order valence-electron chi connectivity index (χ3n) is 4.83. The van der Waals surface area contributed by atoms with Gasteiger partial charge in [0.05, 0.1) is 17.6 Å². The first-order valence-electron chi connectivity index (χ1n) is 9.29. The first-order valence-corrected chi connectivity index (χ1v) is 9.29. The number of aryl methyl sites for hydroxylation is 2. The van der Waals surface area contributed by atoms with E-state index in [0.29, 0.717) is 34.7 Å². The SMILES string of the molecule is CCCCOc1ccc2c(=O)c(-c3c(C)oc4ccccc34)c(C)oc2c1. The normalized spacial score (nSPS) is 11.4. The summed E-state index contributed by atoms with van der Waals surface area (Å²) in [7, 11) is 0. The van der Waals surface area contributed by atoms with Crippen molar-refractivity contribution in [3.05, 3.63) is 64.2 Å². The Balaban J connectivity index is 1.88. The lowest BCUT2D eigenvalue weighted by atomic mass is 9.99. The summed E-state index contributed by atoms with van der Waals surface area (Å²) in [6.45, 7) is 6.48. The van der Waals surface area contributed by atoms with Crippen LogP contribution in [0.1, 0.15) is 31.3 Å². The summed E-state index contributed by atoms with van der Waals surface area (Å²) in [5.41, 5.74) is 2.62. The fourth-order valence-corrected chi connectivity index (χ4v) is 3.48. The van der Waals surface area contributed by atoms with Crippen LogP contribution in [0.25, 0.3) is 33.1 Å². The van der Waals surface area contributed by atoms with Crippen LogP contribution in [0.4, 0.5) is 0 Å². The van der Waals surface area contributed by atoms with Gasteiger partial charge in [-0.2, -0.15) is 0 Å². The van der Waals surface area contributed by atoms with Gasteiger partial charge in [-0.15, -0.1) is 0 Å². The van der Waals surface area contributed by atoms with E-state index in [1.54, 1.807) is 12.1 Å². The number of hydrogen-bond donors (Lipinski definition) is 0. The van der Waals surface area contributed by atoms with Gasteiger partial charge in [-0.05, 0) is 38.5 Å². The molecule has 0 bridgehead atoms. The molecule has 0 spiro atoms. The van der Waals surface area contributed by atoms with Gasteiger partial charge >= 0.3 is 0 Å². The molecule has 2 aromatic heterocycles. The Morgan fingerprint density at radius 3 is 2.44 bits per heavy atom. The number of ether oxygens (including phenoxy) is 1. The highest BCUT2D eigenvalue weighted by Gasteiger charge is 2.20. The Labute approximate surface area is 157 Å². The molecule has 0 atom stereocenters. The minimum Gasteiger partial charge on any atom is -0.493 e. The summed E-state index contributed by atoms with van der Waals surface area (Å²) in [6, 6.07) is 13.1. The minimum atomic E-state index is -0.0523. The van der Waals surface area contributed by atoms with Crippen molar-refractivity contribution in [1.29, 1.82) is 0 Å². The van der Waals surface area contributed by atoms with Crippen LogP contribution in [-0.2, 0) is 0 Å². The van der Waals surface area contributed by atoms with E-state index in [1.165, 1.54) is 0 Å². The van der Waals surface area contributed by atoms with E-state index in [-0.39, 0.29) is 5.43 Å². The van der Waals surface area contributed by atoms with Crippen LogP contribution in [0.2, 0.25) is 0 Å². The molecule has 0 saturated heterocycles. The quantitative estimate of drug-likeness (QED) is 0.408. The summed E-state index contributed by atoms with van der Waals surface area (Å²) in [6.07, 6.45) is 2.07. The van der Waals surface area contributed by atoms with Gasteiger partial charge in [0.15, 0.2) is 0 Å². The Morgan fingerprint density at radius 2 is 1.63 bits per heavy atom. The smallest absolute Gasteiger partial charge is 0.200 e. The zero-order chi connectivity index (χ0) is 19.0. The molecular weight excluding hydrogens is 340 g/mol. The van der Waals surface area contributed by atoms with Gasteiger partial charge in [0, 0.05) is 17.0 Å². The first kappa shape index (κ1) is 17.4. The number of unbranched alkanes of at least 4 members (excludes halogenated alkanes) is 1. The van der Waals surface area contributed by atoms with Gasteiger partial charge in [-0.25, -0.2) is 0 Å². The molecule has 4 rings (SSSR count). The second-order valence-corrected chi connectivity index (χ2v) is 6.75. The van der Waals surface area contributed by atoms with Gasteiger partial charge in [0.25, 0.3) is 0 Å². The summed E-state index contributed by atoms with van der Waals surface area (Å²) < 4.78 is 17.6. The van der Waals surface area contributed by atoms with Crippen LogP contribution in [-0.4, -0.2) is 6.61 Å². The van der Waals surface area contributed by atoms with Gasteiger partial charge < -0.3 is 13.6 Å². The van der Waals surface area contributed by atoms with E-state index in [4.69, 9.17) is 13.6 Å². The zero-order valence-electron chi connectivity index (χ0n) is 15.8. The summed E-state index contributed by atoms with van der Waals surface area (Å²) in [5.74, 6) is 2.01. The number of para-hydroxylation sites is 1. The highest BCUT2D eigenvalue weighted by Crippen LogP contribution is 2.35. The minimum absolute atomic E-state index is 0.0523. The van der Waals surface area contributed by atoms with Gasteiger partial charge in [-0.3, -0.25) is 4.79 Å². The molecule has 2 aromatic carbocycles. The Kier molecular flexibility index (Phi) is 4.48. The summed E-state index contributed by atoms with van der Waals surface area (Å²) >= 11 is 0. The molecule has 0 fully saturated rings. The molecule has 0 amide bonds. The first-order chi connectivity index (χ1) is 13.1. The average Bonchev–Trinajstić information content (AvgIpc) is 2.98. The zero-order valence-corrected chi connectivity index (χ0v) is 15.8. The molecule has 27 heavy (non-hydrogen) atoms. The van der Waals surface area contributed by atoms with E-state index in [0.717, 1.165) is 35.1 Å². The Hall–Kier alpha value is -3.01. The molecule has 0 aliphatic carbocycles. The van der Waals surface area contributed by atoms with Crippen LogP contribution in [0, 0.1) is 13.8 Å². The van der Waals surface area contributed by atoms with Gasteiger partial charge in [0.2, 0.25) is 5.43 Å². The Morgan fingerprint density at radius 1 is 0.889 bits per heavy atom.